The molecular weight excluding hydrogens is 266 g/mol. The van der Waals surface area contributed by atoms with Gasteiger partial charge in [0.15, 0.2) is 0 Å². The Kier molecular flexibility index (Phi) is 8.66. The summed E-state index contributed by atoms with van der Waals surface area (Å²) in [5.74, 6) is 0.0240. The molecule has 1 aromatic carbocycles. The van der Waals surface area contributed by atoms with E-state index >= 15 is 0 Å². The van der Waals surface area contributed by atoms with Gasteiger partial charge in [0.25, 0.3) is 0 Å². The number of hydrogen-bond acceptors (Lipinski definition) is 4. The lowest BCUT2D eigenvalue weighted by Gasteiger charge is -2.20. The third-order valence-corrected chi connectivity index (χ3v) is 3.31. The highest BCUT2D eigenvalue weighted by molar-refractivity contribution is 5.90. The zero-order valence-electron chi connectivity index (χ0n) is 12.8. The van der Waals surface area contributed by atoms with Gasteiger partial charge in [0, 0.05) is 25.2 Å². The van der Waals surface area contributed by atoms with E-state index in [9.17, 15) is 4.79 Å². The Balaban J connectivity index is 2.29. The van der Waals surface area contributed by atoms with Gasteiger partial charge in [0.2, 0.25) is 5.91 Å². The summed E-state index contributed by atoms with van der Waals surface area (Å²) in [5, 5.41) is 11.9. The normalized spacial score (nSPS) is 10.9. The number of rotatable bonds is 10. The number of nitrogens with zero attached hydrogens (tertiary/aromatic N) is 1. The highest BCUT2D eigenvalue weighted by Crippen LogP contribution is 2.10. The maximum Gasteiger partial charge on any atom is 0.224 e. The average Bonchev–Trinajstić information content (AvgIpc) is 2.48. The van der Waals surface area contributed by atoms with Crippen LogP contribution < -0.4 is 11.1 Å². The number of carbonyl (C=O) groups excluding carboxylic acids is 1. The van der Waals surface area contributed by atoms with Gasteiger partial charge in [-0.25, -0.2) is 0 Å². The molecule has 0 unspecified atom stereocenters. The smallest absolute Gasteiger partial charge is 0.224 e. The van der Waals surface area contributed by atoms with Crippen LogP contribution in [0.5, 0.6) is 0 Å². The molecule has 0 aliphatic heterocycles. The van der Waals surface area contributed by atoms with Crippen molar-refractivity contribution in [2.45, 2.75) is 32.7 Å². The molecule has 0 bridgehead atoms. The van der Waals surface area contributed by atoms with Crippen molar-refractivity contribution >= 4 is 11.6 Å². The molecule has 0 aliphatic rings. The lowest BCUT2D eigenvalue weighted by Crippen LogP contribution is -2.29. The van der Waals surface area contributed by atoms with E-state index in [4.69, 9.17) is 10.8 Å². The zero-order chi connectivity index (χ0) is 15.5. The maximum absolute atomic E-state index is 11.9. The third kappa shape index (κ3) is 7.22. The molecule has 0 saturated carbocycles. The van der Waals surface area contributed by atoms with Gasteiger partial charge in [-0.2, -0.15) is 0 Å². The van der Waals surface area contributed by atoms with Crippen molar-refractivity contribution in [1.82, 2.24) is 4.90 Å². The molecule has 0 atom stereocenters. The number of amides is 1. The van der Waals surface area contributed by atoms with Crippen molar-refractivity contribution < 1.29 is 9.90 Å². The minimum Gasteiger partial charge on any atom is -0.395 e. The Morgan fingerprint density at radius 2 is 1.95 bits per heavy atom. The minimum atomic E-state index is 0.0240. The van der Waals surface area contributed by atoms with Gasteiger partial charge in [-0.05, 0) is 43.6 Å². The average molecular weight is 293 g/mol. The number of nitrogens with one attached hydrogen (secondary N) is 1. The molecule has 0 fully saturated rings. The van der Waals surface area contributed by atoms with E-state index in [1.807, 2.05) is 24.3 Å². The molecule has 118 valence electrons. The van der Waals surface area contributed by atoms with Crippen LogP contribution in [-0.4, -0.2) is 42.2 Å². The molecule has 1 aromatic rings. The third-order valence-electron chi connectivity index (χ3n) is 3.31. The second-order valence-corrected chi connectivity index (χ2v) is 5.12. The van der Waals surface area contributed by atoms with Crippen molar-refractivity contribution in [3.63, 3.8) is 0 Å². The molecule has 0 spiro atoms. The molecule has 0 saturated heterocycles. The van der Waals surface area contributed by atoms with Gasteiger partial charge in [-0.3, -0.25) is 4.79 Å². The van der Waals surface area contributed by atoms with Crippen LogP contribution in [0.15, 0.2) is 24.3 Å². The second-order valence-electron chi connectivity index (χ2n) is 5.12. The fourth-order valence-corrected chi connectivity index (χ4v) is 2.20. The minimum absolute atomic E-state index is 0.0240. The summed E-state index contributed by atoms with van der Waals surface area (Å²) in [4.78, 5) is 14.0. The largest absolute Gasteiger partial charge is 0.395 e. The summed E-state index contributed by atoms with van der Waals surface area (Å²) in [6.45, 7) is 5.26. The van der Waals surface area contributed by atoms with Crippen molar-refractivity contribution in [1.29, 1.82) is 0 Å². The predicted octanol–water partition coefficient (Wildman–Crippen LogP) is 1.57. The van der Waals surface area contributed by atoms with Gasteiger partial charge < -0.3 is 21.1 Å². The van der Waals surface area contributed by atoms with E-state index in [0.717, 1.165) is 37.2 Å². The first kappa shape index (κ1) is 17.6. The van der Waals surface area contributed by atoms with E-state index in [1.165, 1.54) is 0 Å². The van der Waals surface area contributed by atoms with Crippen molar-refractivity contribution in [3.05, 3.63) is 29.8 Å². The van der Waals surface area contributed by atoms with E-state index in [-0.39, 0.29) is 12.5 Å². The molecule has 5 nitrogen and oxygen atoms in total. The lowest BCUT2D eigenvalue weighted by molar-refractivity contribution is -0.116. The van der Waals surface area contributed by atoms with Crippen LogP contribution in [0.3, 0.4) is 0 Å². The molecular formula is C16H27N3O2. The van der Waals surface area contributed by atoms with Crippen LogP contribution >= 0.6 is 0 Å². The van der Waals surface area contributed by atoms with E-state index in [1.54, 1.807) is 0 Å². The van der Waals surface area contributed by atoms with Crippen LogP contribution in [0.1, 0.15) is 31.7 Å². The summed E-state index contributed by atoms with van der Waals surface area (Å²) in [7, 11) is 0. The highest BCUT2D eigenvalue weighted by atomic mass is 16.3. The molecule has 1 amide bonds. The molecule has 0 aliphatic carbocycles. The molecule has 5 heteroatoms. The Labute approximate surface area is 127 Å². The van der Waals surface area contributed by atoms with Gasteiger partial charge >= 0.3 is 0 Å². The van der Waals surface area contributed by atoms with E-state index in [2.05, 4.69) is 17.1 Å². The fourth-order valence-electron chi connectivity index (χ4n) is 2.20. The Morgan fingerprint density at radius 1 is 1.24 bits per heavy atom. The zero-order valence-corrected chi connectivity index (χ0v) is 12.8. The van der Waals surface area contributed by atoms with Crippen molar-refractivity contribution in [3.8, 4) is 0 Å². The summed E-state index contributed by atoms with van der Waals surface area (Å²) in [6, 6.07) is 7.57. The lowest BCUT2D eigenvalue weighted by atomic mass is 10.2. The first-order valence-electron chi connectivity index (χ1n) is 7.61. The predicted molar refractivity (Wildman–Crippen MR) is 86.0 cm³/mol. The number of hydrogen-bond donors (Lipinski definition) is 3. The fraction of sp³-hybridized carbons (Fsp3) is 0.562. The maximum atomic E-state index is 11.9. The van der Waals surface area contributed by atoms with Gasteiger partial charge in [-0.1, -0.05) is 19.1 Å². The van der Waals surface area contributed by atoms with Crippen LogP contribution in [0.25, 0.3) is 0 Å². The molecule has 0 aromatic heterocycles. The summed E-state index contributed by atoms with van der Waals surface area (Å²) in [6.07, 6.45) is 2.34. The topological polar surface area (TPSA) is 78.6 Å². The van der Waals surface area contributed by atoms with Crippen molar-refractivity contribution in [2.75, 3.05) is 31.6 Å². The summed E-state index contributed by atoms with van der Waals surface area (Å²) in [5.41, 5.74) is 7.39. The monoisotopic (exact) mass is 293 g/mol. The highest BCUT2D eigenvalue weighted by Gasteiger charge is 2.06. The molecule has 0 radical (unpaired) electrons. The van der Waals surface area contributed by atoms with Crippen LogP contribution in [-0.2, 0) is 11.3 Å². The van der Waals surface area contributed by atoms with Gasteiger partial charge in [-0.15, -0.1) is 0 Å². The number of carbonyl (C=O) groups is 1. The van der Waals surface area contributed by atoms with Crippen molar-refractivity contribution in [2.24, 2.45) is 5.73 Å². The summed E-state index contributed by atoms with van der Waals surface area (Å²) < 4.78 is 0. The van der Waals surface area contributed by atoms with Crippen LogP contribution in [0.2, 0.25) is 0 Å². The number of aliphatic hydroxyl groups excluding tert-OH is 1. The van der Waals surface area contributed by atoms with Gasteiger partial charge in [0.1, 0.15) is 0 Å². The van der Waals surface area contributed by atoms with E-state index in [0.29, 0.717) is 19.5 Å². The number of anilines is 1. The van der Waals surface area contributed by atoms with Crippen LogP contribution in [0.4, 0.5) is 5.69 Å². The number of nitrogens with two attached hydrogens (primary N) is 1. The summed E-state index contributed by atoms with van der Waals surface area (Å²) >= 11 is 0. The molecule has 0 heterocycles. The Bertz CT molecular complexity index is 400. The van der Waals surface area contributed by atoms with Crippen LogP contribution in [0, 0.1) is 0 Å². The standard InChI is InChI=1S/C16H27N3O2/c1-2-9-19(11-12-20)10-3-4-16(21)18-15-7-5-14(13-17)6-8-15/h5-8,20H,2-4,9-13,17H2,1H3,(H,18,21). The van der Waals surface area contributed by atoms with Gasteiger partial charge in [0.05, 0.1) is 6.61 Å². The second kappa shape index (κ2) is 10.3. The SMILES string of the molecule is CCCN(CCO)CCCC(=O)Nc1ccc(CN)cc1. The molecule has 4 N–H and O–H groups in total. The van der Waals surface area contributed by atoms with E-state index < -0.39 is 0 Å². The molecule has 21 heavy (non-hydrogen) atoms. The Morgan fingerprint density at radius 3 is 2.52 bits per heavy atom. The molecule has 1 rings (SSSR count). The Hall–Kier alpha value is -1.43. The quantitative estimate of drug-likeness (QED) is 0.612. The first-order valence-corrected chi connectivity index (χ1v) is 7.61. The number of benzene rings is 1. The number of aliphatic hydroxyl groups is 1. The first-order chi connectivity index (χ1) is 10.2.